The highest BCUT2D eigenvalue weighted by molar-refractivity contribution is 7.89. The summed E-state index contributed by atoms with van der Waals surface area (Å²) in [6, 6.07) is 4.29. The van der Waals surface area contributed by atoms with Crippen LogP contribution in [0.15, 0.2) is 27.6 Å². The van der Waals surface area contributed by atoms with Gasteiger partial charge in [0.05, 0.1) is 25.7 Å². The number of methoxy groups -OCH3 is 2. The van der Waals surface area contributed by atoms with Crippen LogP contribution >= 0.6 is 0 Å². The van der Waals surface area contributed by atoms with E-state index in [1.807, 2.05) is 0 Å². The lowest BCUT2D eigenvalue weighted by atomic mass is 10.00. The van der Waals surface area contributed by atoms with Gasteiger partial charge < -0.3 is 18.7 Å². The molecule has 0 bridgehead atoms. The van der Waals surface area contributed by atoms with E-state index in [2.05, 4.69) is 9.89 Å². The number of carbonyl (C=O) groups is 2. The Labute approximate surface area is 180 Å². The Hall–Kier alpha value is -2.92. The Morgan fingerprint density at radius 1 is 1.19 bits per heavy atom. The second-order valence-corrected chi connectivity index (χ2v) is 9.01. The van der Waals surface area contributed by atoms with Crippen LogP contribution < -0.4 is 9.47 Å². The third-order valence-electron chi connectivity index (χ3n) is 5.08. The lowest BCUT2D eigenvalue weighted by molar-refractivity contribution is -0.140. The Balaban J connectivity index is 1.77. The molecule has 1 aromatic carbocycles. The van der Waals surface area contributed by atoms with Gasteiger partial charge in [-0.1, -0.05) is 5.16 Å². The first kappa shape index (κ1) is 22.8. The van der Waals surface area contributed by atoms with Crippen molar-refractivity contribution in [1.29, 1.82) is 0 Å². The third-order valence-corrected chi connectivity index (χ3v) is 7.19. The van der Waals surface area contributed by atoms with Crippen LogP contribution in [0.5, 0.6) is 11.5 Å². The maximum absolute atomic E-state index is 13.1. The number of nitrogens with zero attached hydrogens (tertiary/aromatic N) is 2. The van der Waals surface area contributed by atoms with E-state index >= 15 is 0 Å². The van der Waals surface area contributed by atoms with Gasteiger partial charge >= 0.3 is 11.9 Å². The molecule has 0 saturated carbocycles. The Bertz CT molecular complexity index is 1070. The molecule has 168 valence electrons. The number of aromatic nitrogens is 1. The molecule has 2 aromatic rings. The molecule has 11 heteroatoms. The van der Waals surface area contributed by atoms with Crippen LogP contribution in [0.4, 0.5) is 0 Å². The minimum Gasteiger partial charge on any atom is -0.493 e. The topological polar surface area (TPSA) is 125 Å². The molecule has 0 radical (unpaired) electrons. The summed E-state index contributed by atoms with van der Waals surface area (Å²) in [5, 5.41) is 3.71. The van der Waals surface area contributed by atoms with Crippen LogP contribution in [0.1, 0.15) is 34.7 Å². The molecule has 1 aliphatic rings. The van der Waals surface area contributed by atoms with Gasteiger partial charge in [0.2, 0.25) is 10.0 Å². The average molecular weight is 452 g/mol. The lowest BCUT2D eigenvalue weighted by Gasteiger charge is -2.30. The maximum atomic E-state index is 13.1. The molecular formula is C20H24N2O8S. The predicted octanol–water partition coefficient (Wildman–Crippen LogP) is 2.09. The first-order valence-electron chi connectivity index (χ1n) is 9.60. The number of hydrogen-bond donors (Lipinski definition) is 0. The molecule has 2 heterocycles. The van der Waals surface area contributed by atoms with E-state index in [0.717, 1.165) is 0 Å². The largest absolute Gasteiger partial charge is 0.493 e. The summed E-state index contributed by atoms with van der Waals surface area (Å²) in [6.45, 7) is 3.36. The van der Waals surface area contributed by atoms with Crippen molar-refractivity contribution < 1.29 is 36.7 Å². The van der Waals surface area contributed by atoms with Gasteiger partial charge in [0.1, 0.15) is 10.6 Å². The second-order valence-electron chi connectivity index (χ2n) is 7.13. The molecule has 1 aromatic heterocycles. The number of rotatable bonds is 6. The third kappa shape index (κ3) is 4.57. The quantitative estimate of drug-likeness (QED) is 0.478. The molecular weight excluding hydrogens is 428 g/mol. The highest BCUT2D eigenvalue weighted by Crippen LogP contribution is 2.32. The lowest BCUT2D eigenvalue weighted by Crippen LogP contribution is -2.43. The molecule has 1 fully saturated rings. The zero-order valence-corrected chi connectivity index (χ0v) is 18.5. The summed E-state index contributed by atoms with van der Waals surface area (Å²) < 4.78 is 47.7. The van der Waals surface area contributed by atoms with Gasteiger partial charge in [-0.15, -0.1) is 0 Å². The predicted molar refractivity (Wildman–Crippen MR) is 107 cm³/mol. The van der Waals surface area contributed by atoms with E-state index in [0.29, 0.717) is 12.8 Å². The fourth-order valence-electron chi connectivity index (χ4n) is 3.51. The summed E-state index contributed by atoms with van der Waals surface area (Å²) in [5.74, 6) is -1.27. The van der Waals surface area contributed by atoms with Gasteiger partial charge in [0.25, 0.3) is 0 Å². The number of hydrogen-bond acceptors (Lipinski definition) is 9. The first-order valence-corrected chi connectivity index (χ1v) is 11.0. The van der Waals surface area contributed by atoms with Gasteiger partial charge in [-0.05, 0) is 44.9 Å². The normalized spacial score (nSPS) is 17.2. The molecule has 1 atom stereocenters. The molecule has 31 heavy (non-hydrogen) atoms. The molecule has 1 saturated heterocycles. The van der Waals surface area contributed by atoms with E-state index in [-0.39, 0.29) is 46.5 Å². The van der Waals surface area contributed by atoms with E-state index < -0.39 is 27.9 Å². The van der Waals surface area contributed by atoms with E-state index in [1.165, 1.54) is 43.6 Å². The fourth-order valence-corrected chi connectivity index (χ4v) is 5.33. The van der Waals surface area contributed by atoms with Crippen molar-refractivity contribution >= 4 is 22.0 Å². The van der Waals surface area contributed by atoms with Crippen LogP contribution in [0.3, 0.4) is 0 Å². The van der Waals surface area contributed by atoms with Crippen LogP contribution in [0.25, 0.3) is 0 Å². The van der Waals surface area contributed by atoms with Crippen molar-refractivity contribution in [2.24, 2.45) is 5.92 Å². The van der Waals surface area contributed by atoms with E-state index in [4.69, 9.17) is 14.0 Å². The standard InChI is InChI=1S/C20H24N2O8S/c1-12-18(13(2)30-21-12)31(25,26)22-9-5-6-15(11-22)20(24)29-16-8-7-14(19(23)28-4)10-17(16)27-3/h7-8,10,15H,5-6,9,11H2,1-4H3. The molecule has 3 rings (SSSR count). The average Bonchev–Trinajstić information content (AvgIpc) is 3.12. The summed E-state index contributed by atoms with van der Waals surface area (Å²) >= 11 is 0. The van der Waals surface area contributed by atoms with Crippen molar-refractivity contribution in [2.75, 3.05) is 27.3 Å². The number of benzene rings is 1. The van der Waals surface area contributed by atoms with E-state index in [1.54, 1.807) is 6.92 Å². The van der Waals surface area contributed by atoms with Gasteiger partial charge in [-0.25, -0.2) is 13.2 Å². The van der Waals surface area contributed by atoms with Gasteiger partial charge in [-0.2, -0.15) is 4.31 Å². The highest BCUT2D eigenvalue weighted by atomic mass is 32.2. The molecule has 0 spiro atoms. The van der Waals surface area contributed by atoms with Gasteiger partial charge in [0, 0.05) is 13.1 Å². The van der Waals surface area contributed by atoms with Crippen molar-refractivity contribution in [1.82, 2.24) is 9.46 Å². The summed E-state index contributed by atoms with van der Waals surface area (Å²) in [4.78, 5) is 24.5. The number of ether oxygens (including phenoxy) is 3. The number of carbonyl (C=O) groups excluding carboxylic acids is 2. The maximum Gasteiger partial charge on any atom is 0.337 e. The van der Waals surface area contributed by atoms with Crippen molar-refractivity contribution in [3.63, 3.8) is 0 Å². The van der Waals surface area contributed by atoms with Crippen LogP contribution in [0.2, 0.25) is 0 Å². The Morgan fingerprint density at radius 3 is 2.55 bits per heavy atom. The van der Waals surface area contributed by atoms with Crippen molar-refractivity contribution in [3.05, 3.63) is 35.2 Å². The van der Waals surface area contributed by atoms with Crippen LogP contribution in [-0.4, -0.2) is 57.1 Å². The summed E-state index contributed by atoms with van der Waals surface area (Å²) in [5.41, 5.74) is 0.520. The van der Waals surface area contributed by atoms with Crippen molar-refractivity contribution in [3.8, 4) is 11.5 Å². The fraction of sp³-hybridized carbons (Fsp3) is 0.450. The first-order chi connectivity index (χ1) is 14.7. The molecule has 1 aliphatic heterocycles. The zero-order valence-electron chi connectivity index (χ0n) is 17.7. The van der Waals surface area contributed by atoms with Crippen LogP contribution in [-0.2, 0) is 19.6 Å². The molecule has 0 amide bonds. The second kappa shape index (κ2) is 9.06. The molecule has 0 aliphatic carbocycles. The smallest absolute Gasteiger partial charge is 0.337 e. The Kier molecular flexibility index (Phi) is 6.65. The molecule has 0 N–H and O–H groups in total. The molecule has 10 nitrogen and oxygen atoms in total. The number of aryl methyl sites for hydroxylation is 2. The van der Waals surface area contributed by atoms with Crippen molar-refractivity contribution in [2.45, 2.75) is 31.6 Å². The monoisotopic (exact) mass is 452 g/mol. The summed E-state index contributed by atoms with van der Waals surface area (Å²) in [6.07, 6.45) is 0.982. The Morgan fingerprint density at radius 2 is 1.94 bits per heavy atom. The SMILES string of the molecule is COC(=O)c1ccc(OC(=O)C2CCCN(S(=O)(=O)c3c(C)noc3C)C2)c(OC)c1. The van der Waals surface area contributed by atoms with Gasteiger partial charge in [-0.3, -0.25) is 4.79 Å². The van der Waals surface area contributed by atoms with Crippen LogP contribution in [0, 0.1) is 19.8 Å². The minimum atomic E-state index is -3.86. The van der Waals surface area contributed by atoms with Gasteiger partial charge in [0.15, 0.2) is 17.3 Å². The zero-order chi connectivity index (χ0) is 22.8. The minimum absolute atomic E-state index is 0.0201. The van der Waals surface area contributed by atoms with E-state index in [9.17, 15) is 18.0 Å². The highest BCUT2D eigenvalue weighted by Gasteiger charge is 2.37. The number of esters is 2. The number of piperidine rings is 1. The molecule has 1 unspecified atom stereocenters. The number of sulfonamides is 1. The summed E-state index contributed by atoms with van der Waals surface area (Å²) in [7, 11) is -1.22.